The van der Waals surface area contributed by atoms with Crippen molar-refractivity contribution in [2.24, 2.45) is 0 Å². The second-order valence-electron chi connectivity index (χ2n) is 7.88. The molecule has 0 bridgehead atoms. The quantitative estimate of drug-likeness (QED) is 0.521. The van der Waals surface area contributed by atoms with Crippen LogP contribution in [0.25, 0.3) is 0 Å². The zero-order valence-electron chi connectivity index (χ0n) is 20.1. The van der Waals surface area contributed by atoms with E-state index in [9.17, 15) is 4.79 Å². The van der Waals surface area contributed by atoms with Crippen LogP contribution < -0.4 is 25.0 Å². The van der Waals surface area contributed by atoms with Gasteiger partial charge in [-0.2, -0.15) is 10.1 Å². The second kappa shape index (κ2) is 9.86. The highest BCUT2D eigenvalue weighted by Gasteiger charge is 2.33. The van der Waals surface area contributed by atoms with Crippen LogP contribution in [0.2, 0.25) is 0 Å². The van der Waals surface area contributed by atoms with Gasteiger partial charge >= 0.3 is 0 Å². The molecule has 0 fully saturated rings. The van der Waals surface area contributed by atoms with Crippen molar-refractivity contribution in [1.29, 1.82) is 0 Å². The molecule has 2 heterocycles. The Kier molecular flexibility index (Phi) is 6.72. The molecule has 1 aliphatic rings. The first-order valence-electron chi connectivity index (χ1n) is 11.3. The molecule has 9 nitrogen and oxygen atoms in total. The Bertz CT molecular complexity index is 1200. The third kappa shape index (κ3) is 4.28. The van der Waals surface area contributed by atoms with Crippen molar-refractivity contribution >= 4 is 23.2 Å². The zero-order chi connectivity index (χ0) is 24.2. The van der Waals surface area contributed by atoms with Gasteiger partial charge in [0.15, 0.2) is 0 Å². The van der Waals surface area contributed by atoms with E-state index in [4.69, 9.17) is 9.47 Å². The number of allylic oxidation sites excluding steroid dienone is 1. The smallest absolute Gasteiger partial charge is 0.255 e. The van der Waals surface area contributed by atoms with Crippen LogP contribution in [0.3, 0.4) is 0 Å². The molecule has 0 saturated carbocycles. The minimum atomic E-state index is -0.436. The van der Waals surface area contributed by atoms with Gasteiger partial charge in [-0.1, -0.05) is 12.1 Å². The maximum Gasteiger partial charge on any atom is 0.255 e. The standard InChI is InChI=1S/C25H30N6O3/c1-6-30(7-2)18-10-8-17(9-11-18)23-22(16(3)28-25-26-15-27-31(23)25)24(32)29-20-13-12-19(33-4)14-21(20)34-5/h8-15,23H,6-7H2,1-5H3,(H,29,32)(H,26,27,28)/t23-/m0/s1. The topological polar surface area (TPSA) is 93.5 Å². The number of carbonyl (C=O) groups excluding carboxylic acids is 1. The van der Waals surface area contributed by atoms with E-state index in [-0.39, 0.29) is 5.91 Å². The first-order chi connectivity index (χ1) is 16.5. The molecule has 1 atom stereocenters. The number of nitrogens with one attached hydrogen (secondary N) is 2. The van der Waals surface area contributed by atoms with Crippen molar-refractivity contribution in [2.75, 3.05) is 42.8 Å². The lowest BCUT2D eigenvalue weighted by Crippen LogP contribution is -2.31. The number of methoxy groups -OCH3 is 2. The summed E-state index contributed by atoms with van der Waals surface area (Å²) in [5.41, 5.74) is 3.88. The lowest BCUT2D eigenvalue weighted by molar-refractivity contribution is -0.113. The van der Waals surface area contributed by atoms with E-state index in [0.29, 0.717) is 34.4 Å². The Morgan fingerprint density at radius 3 is 2.50 bits per heavy atom. The number of hydrogen-bond acceptors (Lipinski definition) is 7. The van der Waals surface area contributed by atoms with E-state index in [1.165, 1.54) is 6.33 Å². The first-order valence-corrected chi connectivity index (χ1v) is 11.3. The van der Waals surface area contributed by atoms with Crippen molar-refractivity contribution in [3.63, 3.8) is 0 Å². The molecule has 0 aliphatic carbocycles. The molecular formula is C25H30N6O3. The Balaban J connectivity index is 1.71. The molecule has 0 saturated heterocycles. The van der Waals surface area contributed by atoms with E-state index < -0.39 is 6.04 Å². The van der Waals surface area contributed by atoms with E-state index in [1.54, 1.807) is 37.1 Å². The first kappa shape index (κ1) is 23.2. The molecule has 178 valence electrons. The molecule has 3 aromatic rings. The van der Waals surface area contributed by atoms with Crippen molar-refractivity contribution in [2.45, 2.75) is 26.8 Å². The van der Waals surface area contributed by atoms with Crippen molar-refractivity contribution in [3.8, 4) is 11.5 Å². The molecule has 1 aliphatic heterocycles. The molecule has 0 spiro atoms. The van der Waals surface area contributed by atoms with Crippen LogP contribution >= 0.6 is 0 Å². The summed E-state index contributed by atoms with van der Waals surface area (Å²) >= 11 is 0. The molecule has 1 aromatic heterocycles. The summed E-state index contributed by atoms with van der Waals surface area (Å²) in [6, 6.07) is 13.1. The number of aromatic nitrogens is 3. The SMILES string of the molecule is CCN(CC)c1ccc([C@H]2C(C(=O)Nc3ccc(OC)cc3OC)=C(C)Nc3ncnn32)cc1. The summed E-state index contributed by atoms with van der Waals surface area (Å²) in [6.45, 7) is 7.98. The van der Waals surface area contributed by atoms with E-state index >= 15 is 0 Å². The molecule has 2 aromatic carbocycles. The van der Waals surface area contributed by atoms with Gasteiger partial charge in [-0.15, -0.1) is 0 Å². The Morgan fingerprint density at radius 2 is 1.85 bits per heavy atom. The van der Waals surface area contributed by atoms with E-state index in [2.05, 4.69) is 51.6 Å². The number of hydrogen-bond donors (Lipinski definition) is 2. The minimum absolute atomic E-state index is 0.257. The van der Waals surface area contributed by atoms with Crippen molar-refractivity contribution in [1.82, 2.24) is 14.8 Å². The third-order valence-corrected chi connectivity index (χ3v) is 6.03. The lowest BCUT2D eigenvalue weighted by Gasteiger charge is -2.29. The normalized spacial score (nSPS) is 14.8. The predicted molar refractivity (Wildman–Crippen MR) is 133 cm³/mol. The van der Waals surface area contributed by atoms with Gasteiger partial charge in [-0.25, -0.2) is 4.68 Å². The molecule has 0 unspecified atom stereocenters. The van der Waals surface area contributed by atoms with Crippen LogP contribution in [0.4, 0.5) is 17.3 Å². The average molecular weight is 463 g/mol. The molecule has 9 heteroatoms. The third-order valence-electron chi connectivity index (χ3n) is 6.03. The number of amides is 1. The summed E-state index contributed by atoms with van der Waals surface area (Å²) in [5, 5.41) is 10.6. The maximum atomic E-state index is 13.6. The fraction of sp³-hybridized carbons (Fsp3) is 0.320. The van der Waals surface area contributed by atoms with Gasteiger partial charge in [0.25, 0.3) is 5.91 Å². The molecule has 34 heavy (non-hydrogen) atoms. The highest BCUT2D eigenvalue weighted by atomic mass is 16.5. The average Bonchev–Trinajstić information content (AvgIpc) is 3.32. The lowest BCUT2D eigenvalue weighted by atomic mass is 9.94. The Labute approximate surface area is 199 Å². The molecule has 1 amide bonds. The van der Waals surface area contributed by atoms with Gasteiger partial charge < -0.3 is 25.0 Å². The van der Waals surface area contributed by atoms with Crippen LogP contribution in [-0.4, -0.2) is 48.0 Å². The largest absolute Gasteiger partial charge is 0.497 e. The highest BCUT2D eigenvalue weighted by molar-refractivity contribution is 6.06. The van der Waals surface area contributed by atoms with Gasteiger partial charge in [0, 0.05) is 30.5 Å². The number of rotatable bonds is 8. The van der Waals surface area contributed by atoms with Gasteiger partial charge in [0.1, 0.15) is 23.9 Å². The maximum absolute atomic E-state index is 13.6. The van der Waals surface area contributed by atoms with Gasteiger partial charge in [0.2, 0.25) is 5.95 Å². The minimum Gasteiger partial charge on any atom is -0.497 e. The summed E-state index contributed by atoms with van der Waals surface area (Å²) in [4.78, 5) is 20.2. The van der Waals surface area contributed by atoms with Crippen molar-refractivity contribution in [3.05, 3.63) is 65.6 Å². The van der Waals surface area contributed by atoms with Gasteiger partial charge in [-0.05, 0) is 50.6 Å². The van der Waals surface area contributed by atoms with Gasteiger partial charge in [0.05, 0.1) is 25.5 Å². The summed E-state index contributed by atoms with van der Waals surface area (Å²) in [5.74, 6) is 1.49. The summed E-state index contributed by atoms with van der Waals surface area (Å²) in [6.07, 6.45) is 1.49. The van der Waals surface area contributed by atoms with Crippen LogP contribution in [0.1, 0.15) is 32.4 Å². The molecule has 2 N–H and O–H groups in total. The molecular weight excluding hydrogens is 432 g/mol. The van der Waals surface area contributed by atoms with Crippen LogP contribution in [-0.2, 0) is 4.79 Å². The zero-order valence-corrected chi connectivity index (χ0v) is 20.1. The fourth-order valence-electron chi connectivity index (χ4n) is 4.24. The van der Waals surface area contributed by atoms with Crippen molar-refractivity contribution < 1.29 is 14.3 Å². The van der Waals surface area contributed by atoms with Crippen LogP contribution in [0.15, 0.2) is 60.1 Å². The Hall–Kier alpha value is -4.01. The second-order valence-corrected chi connectivity index (χ2v) is 7.88. The number of benzene rings is 2. The van der Waals surface area contributed by atoms with Crippen LogP contribution in [0.5, 0.6) is 11.5 Å². The van der Waals surface area contributed by atoms with E-state index in [1.807, 2.05) is 19.1 Å². The fourth-order valence-corrected chi connectivity index (χ4v) is 4.24. The number of anilines is 3. The highest BCUT2D eigenvalue weighted by Crippen LogP contribution is 2.37. The number of fused-ring (bicyclic) bond motifs is 1. The predicted octanol–water partition coefficient (Wildman–Crippen LogP) is 4.07. The summed E-state index contributed by atoms with van der Waals surface area (Å²) < 4.78 is 12.5. The number of carbonyl (C=O) groups is 1. The monoisotopic (exact) mass is 462 g/mol. The van der Waals surface area contributed by atoms with E-state index in [0.717, 1.165) is 24.3 Å². The Morgan fingerprint density at radius 1 is 1.12 bits per heavy atom. The van der Waals surface area contributed by atoms with Crippen LogP contribution in [0, 0.1) is 0 Å². The molecule has 0 radical (unpaired) electrons. The number of nitrogens with zero attached hydrogens (tertiary/aromatic N) is 4. The summed E-state index contributed by atoms with van der Waals surface area (Å²) in [7, 11) is 3.14. The number of ether oxygens (including phenoxy) is 2. The molecule has 4 rings (SSSR count). The van der Waals surface area contributed by atoms with Gasteiger partial charge in [-0.3, -0.25) is 4.79 Å².